The Balaban J connectivity index is 1.69. The fourth-order valence-electron chi connectivity index (χ4n) is 1.76. The third-order valence-corrected chi connectivity index (χ3v) is 3.06. The number of benzene rings is 2. The van der Waals surface area contributed by atoms with Gasteiger partial charge in [0.15, 0.2) is 0 Å². The van der Waals surface area contributed by atoms with Gasteiger partial charge in [0.25, 0.3) is 0 Å². The van der Waals surface area contributed by atoms with Gasteiger partial charge in [-0.3, -0.25) is 0 Å². The second-order valence-electron chi connectivity index (χ2n) is 4.30. The van der Waals surface area contributed by atoms with Crippen LogP contribution in [0.25, 0.3) is 0 Å². The minimum atomic E-state index is -0.276. The first-order valence-electron chi connectivity index (χ1n) is 6.63. The maximum atomic E-state index is 5.72. The Morgan fingerprint density at radius 3 is 2.05 bits per heavy atom. The Kier molecular flexibility index (Phi) is 6.36. The second-order valence-corrected chi connectivity index (χ2v) is 4.57. The standard InChI is InChI=1S/C16H19O3P/c20-19-16(18-15-10-5-2-6-11-15)12-7-13-17-14-8-3-1-4-9-14/h1-6,8-11,16H,7,12-13,20H2. The molecule has 0 radical (unpaired) electrons. The van der Waals surface area contributed by atoms with Crippen LogP contribution >= 0.6 is 9.47 Å². The molecule has 0 saturated heterocycles. The van der Waals surface area contributed by atoms with Crippen LogP contribution in [-0.4, -0.2) is 12.9 Å². The zero-order valence-corrected chi connectivity index (χ0v) is 12.4. The molecule has 0 aromatic heterocycles. The highest BCUT2D eigenvalue weighted by Gasteiger charge is 2.08. The Morgan fingerprint density at radius 1 is 0.850 bits per heavy atom. The summed E-state index contributed by atoms with van der Waals surface area (Å²) in [6.07, 6.45) is 1.35. The molecule has 0 amide bonds. The summed E-state index contributed by atoms with van der Waals surface area (Å²) in [6.45, 7) is 0.646. The van der Waals surface area contributed by atoms with Gasteiger partial charge < -0.3 is 14.0 Å². The molecule has 0 spiro atoms. The molecule has 20 heavy (non-hydrogen) atoms. The van der Waals surface area contributed by atoms with Gasteiger partial charge in [-0.2, -0.15) is 0 Å². The number of para-hydroxylation sites is 2. The first-order valence-corrected chi connectivity index (χ1v) is 7.11. The molecule has 2 aromatic carbocycles. The monoisotopic (exact) mass is 290 g/mol. The smallest absolute Gasteiger partial charge is 0.202 e. The molecule has 3 nitrogen and oxygen atoms in total. The molecule has 2 rings (SSSR count). The molecule has 0 saturated carbocycles. The molecule has 0 fully saturated rings. The Morgan fingerprint density at radius 2 is 1.45 bits per heavy atom. The van der Waals surface area contributed by atoms with Crippen molar-refractivity contribution in [1.29, 1.82) is 0 Å². The van der Waals surface area contributed by atoms with Gasteiger partial charge in [0, 0.05) is 15.9 Å². The van der Waals surface area contributed by atoms with E-state index in [4.69, 9.17) is 14.0 Å². The zero-order chi connectivity index (χ0) is 14.0. The largest absolute Gasteiger partial charge is 0.494 e. The van der Waals surface area contributed by atoms with Crippen molar-refractivity contribution >= 4 is 9.47 Å². The summed E-state index contributed by atoms with van der Waals surface area (Å²) in [6, 6.07) is 19.4. The topological polar surface area (TPSA) is 27.7 Å². The van der Waals surface area contributed by atoms with E-state index < -0.39 is 0 Å². The van der Waals surface area contributed by atoms with Crippen LogP contribution in [0.4, 0.5) is 0 Å². The SMILES string of the molecule is POC(CCCOc1ccccc1)Oc1ccccc1. The van der Waals surface area contributed by atoms with E-state index in [-0.39, 0.29) is 6.29 Å². The molecule has 2 atom stereocenters. The third kappa shape index (κ3) is 5.20. The average Bonchev–Trinajstić information content (AvgIpc) is 2.52. The lowest BCUT2D eigenvalue weighted by Gasteiger charge is -2.17. The first kappa shape index (κ1) is 14.8. The predicted molar refractivity (Wildman–Crippen MR) is 82.8 cm³/mol. The van der Waals surface area contributed by atoms with Crippen LogP contribution in [0.3, 0.4) is 0 Å². The Hall–Kier alpha value is -1.57. The molecule has 4 heteroatoms. The lowest BCUT2D eigenvalue weighted by molar-refractivity contribution is 0.0106. The first-order chi connectivity index (χ1) is 9.88. The van der Waals surface area contributed by atoms with E-state index in [1.807, 2.05) is 60.7 Å². The van der Waals surface area contributed by atoms with Crippen molar-refractivity contribution < 1.29 is 14.0 Å². The highest BCUT2D eigenvalue weighted by Crippen LogP contribution is 2.16. The van der Waals surface area contributed by atoms with Gasteiger partial charge in [-0.25, -0.2) is 0 Å². The normalized spacial score (nSPS) is 11.8. The number of hydrogen-bond donors (Lipinski definition) is 0. The van der Waals surface area contributed by atoms with Crippen LogP contribution in [0, 0.1) is 0 Å². The summed E-state index contributed by atoms with van der Waals surface area (Å²) < 4.78 is 16.6. The van der Waals surface area contributed by atoms with Crippen LogP contribution in [0.1, 0.15) is 12.8 Å². The van der Waals surface area contributed by atoms with Crippen LogP contribution in [0.5, 0.6) is 11.5 Å². The molecule has 0 N–H and O–H groups in total. The van der Waals surface area contributed by atoms with Gasteiger partial charge in [0.1, 0.15) is 11.5 Å². The van der Waals surface area contributed by atoms with E-state index in [9.17, 15) is 0 Å². The van der Waals surface area contributed by atoms with Crippen molar-refractivity contribution in [2.45, 2.75) is 19.1 Å². The zero-order valence-electron chi connectivity index (χ0n) is 11.3. The third-order valence-electron chi connectivity index (χ3n) is 2.76. The highest BCUT2D eigenvalue weighted by molar-refractivity contribution is 7.09. The van der Waals surface area contributed by atoms with E-state index in [2.05, 4.69) is 9.47 Å². The number of rotatable bonds is 8. The van der Waals surface area contributed by atoms with E-state index in [0.29, 0.717) is 6.61 Å². The molecule has 2 aromatic rings. The maximum Gasteiger partial charge on any atom is 0.202 e. The lowest BCUT2D eigenvalue weighted by Crippen LogP contribution is -2.17. The van der Waals surface area contributed by atoms with Gasteiger partial charge in [-0.05, 0) is 30.7 Å². The summed E-state index contributed by atoms with van der Waals surface area (Å²) in [5.74, 6) is 1.70. The molecular formula is C16H19O3P. The van der Waals surface area contributed by atoms with Gasteiger partial charge in [0.05, 0.1) is 6.61 Å². The molecule has 0 aliphatic heterocycles. The van der Waals surface area contributed by atoms with Crippen LogP contribution in [-0.2, 0) is 4.52 Å². The minimum Gasteiger partial charge on any atom is -0.494 e. The Bertz CT molecular complexity index is 476. The number of hydrogen-bond acceptors (Lipinski definition) is 3. The van der Waals surface area contributed by atoms with Crippen molar-refractivity contribution in [3.8, 4) is 11.5 Å². The van der Waals surface area contributed by atoms with Crippen LogP contribution < -0.4 is 9.47 Å². The van der Waals surface area contributed by atoms with E-state index >= 15 is 0 Å². The molecule has 106 valence electrons. The van der Waals surface area contributed by atoms with Crippen molar-refractivity contribution in [2.75, 3.05) is 6.61 Å². The van der Waals surface area contributed by atoms with E-state index in [0.717, 1.165) is 24.3 Å². The molecule has 2 unspecified atom stereocenters. The van der Waals surface area contributed by atoms with Crippen molar-refractivity contribution in [2.24, 2.45) is 0 Å². The van der Waals surface area contributed by atoms with E-state index in [1.54, 1.807) is 0 Å². The van der Waals surface area contributed by atoms with Crippen LogP contribution in [0.2, 0.25) is 0 Å². The molecule has 0 heterocycles. The Labute approximate surface area is 122 Å². The fourth-order valence-corrected chi connectivity index (χ4v) is 1.95. The van der Waals surface area contributed by atoms with Gasteiger partial charge in [-0.15, -0.1) is 0 Å². The van der Waals surface area contributed by atoms with Crippen molar-refractivity contribution in [3.63, 3.8) is 0 Å². The maximum absolute atomic E-state index is 5.72. The van der Waals surface area contributed by atoms with Crippen molar-refractivity contribution in [3.05, 3.63) is 60.7 Å². The summed E-state index contributed by atoms with van der Waals surface area (Å²) in [5.41, 5.74) is 0. The fraction of sp³-hybridized carbons (Fsp3) is 0.250. The molecule has 0 aliphatic carbocycles. The molecule has 0 aliphatic rings. The number of ether oxygens (including phenoxy) is 2. The summed E-state index contributed by atoms with van der Waals surface area (Å²) >= 11 is 0. The quantitative estimate of drug-likeness (QED) is 0.417. The molecular weight excluding hydrogens is 271 g/mol. The molecule has 0 bridgehead atoms. The minimum absolute atomic E-state index is 0.276. The lowest BCUT2D eigenvalue weighted by atomic mass is 10.3. The second kappa shape index (κ2) is 8.57. The summed E-state index contributed by atoms with van der Waals surface area (Å²) in [4.78, 5) is 0. The summed E-state index contributed by atoms with van der Waals surface area (Å²) in [5, 5.41) is 0. The van der Waals surface area contributed by atoms with Gasteiger partial charge in [-0.1, -0.05) is 36.4 Å². The van der Waals surface area contributed by atoms with Gasteiger partial charge in [0.2, 0.25) is 6.29 Å². The summed E-state index contributed by atoms with van der Waals surface area (Å²) in [7, 11) is 2.26. The van der Waals surface area contributed by atoms with Gasteiger partial charge >= 0.3 is 0 Å². The predicted octanol–water partition coefficient (Wildman–Crippen LogP) is 4.06. The van der Waals surface area contributed by atoms with Crippen LogP contribution in [0.15, 0.2) is 60.7 Å². The highest BCUT2D eigenvalue weighted by atomic mass is 31.0. The average molecular weight is 290 g/mol. The van der Waals surface area contributed by atoms with Crippen molar-refractivity contribution in [1.82, 2.24) is 0 Å². The van der Waals surface area contributed by atoms with E-state index in [1.165, 1.54) is 0 Å².